The van der Waals surface area contributed by atoms with Crippen molar-refractivity contribution in [2.24, 2.45) is 4.99 Å². The van der Waals surface area contributed by atoms with Gasteiger partial charge < -0.3 is 34.3 Å². The van der Waals surface area contributed by atoms with E-state index in [1.165, 1.54) is 6.07 Å². The Labute approximate surface area is 191 Å². The number of aromatic amines is 1. The Morgan fingerprint density at radius 2 is 2.15 bits per heavy atom. The summed E-state index contributed by atoms with van der Waals surface area (Å²) in [6.45, 7) is 3.36. The van der Waals surface area contributed by atoms with Crippen molar-refractivity contribution < 1.29 is 42.9 Å². The number of hydrogen-bond acceptors (Lipinski definition) is 10. The van der Waals surface area contributed by atoms with Gasteiger partial charge in [0.1, 0.15) is 30.7 Å². The van der Waals surface area contributed by atoms with Crippen LogP contribution in [0, 0.1) is 16.7 Å². The lowest BCUT2D eigenvalue weighted by Crippen LogP contribution is -2.40. The first-order chi connectivity index (χ1) is 15.7. The zero-order valence-corrected chi connectivity index (χ0v) is 19.2. The number of phosphoric ester groups is 1. The van der Waals surface area contributed by atoms with E-state index in [4.69, 9.17) is 28.7 Å². The predicted molar refractivity (Wildman–Crippen MR) is 115 cm³/mol. The summed E-state index contributed by atoms with van der Waals surface area (Å²) >= 11 is 0. The van der Waals surface area contributed by atoms with Crippen LogP contribution in [0.3, 0.4) is 0 Å². The van der Waals surface area contributed by atoms with E-state index in [1.54, 1.807) is 13.0 Å². The Bertz CT molecular complexity index is 902. The van der Waals surface area contributed by atoms with Gasteiger partial charge in [-0.05, 0) is 32.4 Å². The molecular formula is C19H29N4O9P. The lowest BCUT2D eigenvalue weighted by atomic mass is 9.93. The number of aliphatic hydroxyl groups is 2. The normalized spacial score (nSPS) is 27.3. The molecule has 0 aromatic carbocycles. The maximum absolute atomic E-state index is 11.8. The number of nitriles is 1. The topological polar surface area (TPSA) is 200 Å². The highest BCUT2D eigenvalue weighted by atomic mass is 31.2. The van der Waals surface area contributed by atoms with E-state index < -0.39 is 38.5 Å². The number of phosphoric acid groups is 1. The van der Waals surface area contributed by atoms with Crippen LogP contribution in [0.2, 0.25) is 0 Å². The standard InChI is InChI=1S/C19H29N4O9P/c1-3-28-7-4-8-30-33(26,27)31-12-29-9-15-17(24)18(25)19(10-20,32-15)16-6-5-14(23-16)13(2)22-11-21/h5-6,11,15,17-18,21,23-25H,3-4,7-9,12H2,1-2H3,(H,26,27)/t15?,17-,18-,19+/m1/s1. The van der Waals surface area contributed by atoms with E-state index >= 15 is 0 Å². The second-order valence-corrected chi connectivity index (χ2v) is 8.49. The SMILES string of the molecule is CCOCCCOP(=O)(O)OCOCC1O[C@@](C#N)(c2ccc(C(C)=NC=N)[nH]2)[C@H](O)[C@@H]1O. The van der Waals surface area contributed by atoms with Gasteiger partial charge in [0, 0.05) is 13.2 Å². The minimum Gasteiger partial charge on any atom is -0.387 e. The first kappa shape index (κ1) is 27.3. The Balaban J connectivity index is 1.92. The van der Waals surface area contributed by atoms with Gasteiger partial charge in [-0.1, -0.05) is 0 Å². The lowest BCUT2D eigenvalue weighted by molar-refractivity contribution is -0.0974. The molecule has 1 aliphatic rings. The predicted octanol–water partition coefficient (Wildman–Crippen LogP) is 0.805. The van der Waals surface area contributed by atoms with Crippen LogP contribution in [0.1, 0.15) is 31.7 Å². The molecule has 1 saturated heterocycles. The van der Waals surface area contributed by atoms with Crippen LogP contribution in [0.25, 0.3) is 0 Å². The minimum absolute atomic E-state index is 0.0444. The number of H-pyrrole nitrogens is 1. The van der Waals surface area contributed by atoms with E-state index in [1.807, 2.05) is 13.0 Å². The summed E-state index contributed by atoms with van der Waals surface area (Å²) in [5.41, 5.74) is -0.748. The molecule has 1 aliphatic heterocycles. The summed E-state index contributed by atoms with van der Waals surface area (Å²) in [5.74, 6) is 0. The van der Waals surface area contributed by atoms with E-state index in [9.17, 15) is 24.9 Å². The quantitative estimate of drug-likeness (QED) is 0.0820. The second-order valence-electron chi connectivity index (χ2n) is 7.04. The van der Waals surface area contributed by atoms with Crippen LogP contribution in [0.4, 0.5) is 0 Å². The number of hydrogen-bond donors (Lipinski definition) is 5. The van der Waals surface area contributed by atoms with Crippen molar-refractivity contribution in [1.29, 1.82) is 10.7 Å². The smallest absolute Gasteiger partial charge is 0.387 e. The summed E-state index contributed by atoms with van der Waals surface area (Å²) in [5, 5.41) is 37.7. The highest BCUT2D eigenvalue weighted by Gasteiger charge is 2.56. The zero-order chi connectivity index (χ0) is 24.5. The summed E-state index contributed by atoms with van der Waals surface area (Å²) in [4.78, 5) is 16.4. The minimum atomic E-state index is -4.34. The number of aromatic nitrogens is 1. The van der Waals surface area contributed by atoms with Gasteiger partial charge in [-0.15, -0.1) is 0 Å². The molecule has 5 N–H and O–H groups in total. The highest BCUT2D eigenvalue weighted by Crippen LogP contribution is 2.43. The molecule has 5 atom stereocenters. The molecule has 1 fully saturated rings. The number of ether oxygens (including phenoxy) is 3. The van der Waals surface area contributed by atoms with Crippen molar-refractivity contribution in [3.63, 3.8) is 0 Å². The maximum Gasteiger partial charge on any atom is 0.474 e. The van der Waals surface area contributed by atoms with Crippen LogP contribution in [0.15, 0.2) is 17.1 Å². The van der Waals surface area contributed by atoms with Gasteiger partial charge >= 0.3 is 7.82 Å². The highest BCUT2D eigenvalue weighted by molar-refractivity contribution is 7.47. The fourth-order valence-electron chi connectivity index (χ4n) is 3.11. The average molecular weight is 488 g/mol. The third-order valence-electron chi connectivity index (χ3n) is 4.83. The van der Waals surface area contributed by atoms with Gasteiger partial charge in [-0.25, -0.2) is 9.56 Å². The first-order valence-electron chi connectivity index (χ1n) is 10.2. The van der Waals surface area contributed by atoms with Crippen molar-refractivity contribution in [2.45, 2.75) is 44.2 Å². The van der Waals surface area contributed by atoms with E-state index in [0.29, 0.717) is 31.0 Å². The third kappa shape index (κ3) is 7.00. The number of rotatable bonds is 14. The van der Waals surface area contributed by atoms with Gasteiger partial charge in [-0.2, -0.15) is 5.26 Å². The molecule has 2 rings (SSSR count). The molecule has 0 bridgehead atoms. The Morgan fingerprint density at radius 1 is 1.39 bits per heavy atom. The monoisotopic (exact) mass is 488 g/mol. The molecule has 1 aromatic rings. The van der Waals surface area contributed by atoms with Crippen LogP contribution in [-0.2, 0) is 33.4 Å². The molecule has 0 amide bonds. The molecule has 0 saturated carbocycles. The van der Waals surface area contributed by atoms with E-state index in [-0.39, 0.29) is 18.9 Å². The molecule has 184 valence electrons. The third-order valence-corrected chi connectivity index (χ3v) is 5.77. The summed E-state index contributed by atoms with van der Waals surface area (Å²) in [6, 6.07) is 5.00. The second kappa shape index (κ2) is 12.5. The van der Waals surface area contributed by atoms with Crippen LogP contribution in [0.5, 0.6) is 0 Å². The van der Waals surface area contributed by atoms with Gasteiger partial charge in [0.2, 0.25) is 5.60 Å². The lowest BCUT2D eigenvalue weighted by Gasteiger charge is -2.23. The van der Waals surface area contributed by atoms with E-state index in [2.05, 4.69) is 9.98 Å². The number of nitrogens with zero attached hydrogens (tertiary/aromatic N) is 2. The van der Waals surface area contributed by atoms with Gasteiger partial charge in [-0.3, -0.25) is 14.5 Å². The summed E-state index contributed by atoms with van der Waals surface area (Å²) in [7, 11) is -4.34. The number of nitrogens with one attached hydrogen (secondary N) is 2. The molecule has 2 unspecified atom stereocenters. The Hall–Kier alpha value is -1.98. The molecule has 13 nitrogen and oxygen atoms in total. The molecule has 33 heavy (non-hydrogen) atoms. The van der Waals surface area contributed by atoms with Crippen LogP contribution >= 0.6 is 7.82 Å². The van der Waals surface area contributed by atoms with Crippen molar-refractivity contribution in [2.75, 3.05) is 33.2 Å². The molecule has 1 aromatic heterocycles. The van der Waals surface area contributed by atoms with Crippen molar-refractivity contribution in [3.8, 4) is 6.07 Å². The molecule has 2 heterocycles. The van der Waals surface area contributed by atoms with E-state index in [0.717, 1.165) is 6.34 Å². The van der Waals surface area contributed by atoms with Crippen molar-refractivity contribution in [1.82, 2.24) is 4.98 Å². The average Bonchev–Trinajstić information content (AvgIpc) is 3.37. The van der Waals surface area contributed by atoms with Gasteiger partial charge in [0.25, 0.3) is 0 Å². The van der Waals surface area contributed by atoms with Crippen molar-refractivity contribution >= 4 is 19.9 Å². The fourth-order valence-corrected chi connectivity index (χ4v) is 3.75. The first-order valence-corrected chi connectivity index (χ1v) is 11.7. The van der Waals surface area contributed by atoms with Gasteiger partial charge in [0.05, 0.1) is 30.3 Å². The molecular weight excluding hydrogens is 459 g/mol. The number of aliphatic imine (C=N–C) groups is 1. The molecule has 14 heteroatoms. The van der Waals surface area contributed by atoms with Crippen LogP contribution in [-0.4, -0.2) is 83.7 Å². The Kier molecular flexibility index (Phi) is 10.3. The van der Waals surface area contributed by atoms with Crippen LogP contribution < -0.4 is 0 Å². The molecule has 0 aliphatic carbocycles. The maximum atomic E-state index is 11.8. The summed E-state index contributed by atoms with van der Waals surface area (Å²) < 4.78 is 37.2. The Morgan fingerprint density at radius 3 is 2.82 bits per heavy atom. The molecule has 0 spiro atoms. The summed E-state index contributed by atoms with van der Waals surface area (Å²) in [6.07, 6.45) is -2.94. The zero-order valence-electron chi connectivity index (χ0n) is 18.3. The number of aliphatic hydroxyl groups excluding tert-OH is 2. The van der Waals surface area contributed by atoms with Crippen molar-refractivity contribution in [3.05, 3.63) is 23.5 Å². The largest absolute Gasteiger partial charge is 0.474 e. The van der Waals surface area contributed by atoms with Gasteiger partial charge in [0.15, 0.2) is 6.79 Å². The molecule has 0 radical (unpaired) electrons. The fraction of sp³-hybridized carbons (Fsp3) is 0.632.